The number of carbonyl (C=O) groups is 1. The molecule has 1 aliphatic carbocycles. The molecule has 104 valence electrons. The second-order valence-corrected chi connectivity index (χ2v) is 4.42. The lowest BCUT2D eigenvalue weighted by Gasteiger charge is -2.26. The largest absolute Gasteiger partial charge is 0.416 e. The van der Waals surface area contributed by atoms with E-state index in [1.54, 1.807) is 0 Å². The summed E-state index contributed by atoms with van der Waals surface area (Å²) in [5.41, 5.74) is -1.49. The topological polar surface area (TPSA) is 41.1 Å². The van der Waals surface area contributed by atoms with Gasteiger partial charge in [0.15, 0.2) is 0 Å². The van der Waals surface area contributed by atoms with Gasteiger partial charge in [-0.25, -0.2) is 9.18 Å². The van der Waals surface area contributed by atoms with Crippen LogP contribution in [0.4, 0.5) is 28.0 Å². The van der Waals surface area contributed by atoms with Gasteiger partial charge in [-0.1, -0.05) is 0 Å². The summed E-state index contributed by atoms with van der Waals surface area (Å²) in [5, 5.41) is 4.65. The van der Waals surface area contributed by atoms with Crippen LogP contribution < -0.4 is 10.6 Å². The third kappa shape index (κ3) is 3.36. The average molecular weight is 276 g/mol. The van der Waals surface area contributed by atoms with Gasteiger partial charge in [0.2, 0.25) is 0 Å². The molecule has 19 heavy (non-hydrogen) atoms. The number of anilines is 1. The van der Waals surface area contributed by atoms with Crippen molar-refractivity contribution in [3.8, 4) is 0 Å². The number of amides is 2. The third-order valence-corrected chi connectivity index (χ3v) is 2.98. The molecule has 1 aromatic rings. The summed E-state index contributed by atoms with van der Waals surface area (Å²) in [7, 11) is 0. The van der Waals surface area contributed by atoms with Crippen LogP contribution in [0.15, 0.2) is 18.2 Å². The molecule has 0 unspecified atom stereocenters. The van der Waals surface area contributed by atoms with E-state index in [1.165, 1.54) is 0 Å². The monoisotopic (exact) mass is 276 g/mol. The Hall–Kier alpha value is -1.79. The SMILES string of the molecule is O=C(Nc1cc(C(F)(F)F)ccc1F)NC1CCC1. The van der Waals surface area contributed by atoms with Crippen molar-refractivity contribution in [2.45, 2.75) is 31.5 Å². The van der Waals surface area contributed by atoms with E-state index in [9.17, 15) is 22.4 Å². The first kappa shape index (κ1) is 13.6. The summed E-state index contributed by atoms with van der Waals surface area (Å²) >= 11 is 0. The molecule has 7 heteroatoms. The van der Waals surface area contributed by atoms with Crippen molar-refractivity contribution in [3.05, 3.63) is 29.6 Å². The molecule has 2 N–H and O–H groups in total. The molecule has 1 aliphatic rings. The molecule has 0 aliphatic heterocycles. The number of nitrogens with one attached hydrogen (secondary N) is 2. The van der Waals surface area contributed by atoms with Crippen LogP contribution in [-0.2, 0) is 6.18 Å². The molecule has 0 heterocycles. The fraction of sp³-hybridized carbons (Fsp3) is 0.417. The highest BCUT2D eigenvalue weighted by molar-refractivity contribution is 5.89. The quantitative estimate of drug-likeness (QED) is 0.797. The number of alkyl halides is 3. The number of carbonyl (C=O) groups excluding carboxylic acids is 1. The van der Waals surface area contributed by atoms with Crippen LogP contribution in [0.5, 0.6) is 0 Å². The molecule has 1 fully saturated rings. The Morgan fingerprint density at radius 3 is 2.47 bits per heavy atom. The Labute approximate surface area is 107 Å². The molecule has 2 rings (SSSR count). The zero-order valence-electron chi connectivity index (χ0n) is 9.85. The lowest BCUT2D eigenvalue weighted by atomic mass is 9.93. The maximum Gasteiger partial charge on any atom is 0.416 e. The van der Waals surface area contributed by atoms with Crippen molar-refractivity contribution in [1.82, 2.24) is 5.32 Å². The maximum atomic E-state index is 13.3. The Balaban J connectivity index is 2.07. The Kier molecular flexibility index (Phi) is 3.64. The highest BCUT2D eigenvalue weighted by atomic mass is 19.4. The van der Waals surface area contributed by atoms with Gasteiger partial charge in [0.05, 0.1) is 11.3 Å². The molecule has 0 spiro atoms. The van der Waals surface area contributed by atoms with E-state index in [-0.39, 0.29) is 6.04 Å². The lowest BCUT2D eigenvalue weighted by Crippen LogP contribution is -2.42. The van der Waals surface area contributed by atoms with Crippen molar-refractivity contribution < 1.29 is 22.4 Å². The summed E-state index contributed by atoms with van der Waals surface area (Å²) in [4.78, 5) is 11.5. The van der Waals surface area contributed by atoms with Gasteiger partial charge in [-0.15, -0.1) is 0 Å². The number of hydrogen-bond acceptors (Lipinski definition) is 1. The summed E-state index contributed by atoms with van der Waals surface area (Å²) in [6.45, 7) is 0. The summed E-state index contributed by atoms with van der Waals surface area (Å²) in [6, 6.07) is 1.22. The molecule has 2 amide bonds. The molecule has 0 aromatic heterocycles. The molecule has 0 bridgehead atoms. The van der Waals surface area contributed by atoms with Gasteiger partial charge in [0.25, 0.3) is 0 Å². The van der Waals surface area contributed by atoms with E-state index < -0.39 is 29.3 Å². The maximum absolute atomic E-state index is 13.3. The second-order valence-electron chi connectivity index (χ2n) is 4.42. The van der Waals surface area contributed by atoms with E-state index in [1.807, 2.05) is 0 Å². The molecule has 0 atom stereocenters. The van der Waals surface area contributed by atoms with Crippen LogP contribution in [0.1, 0.15) is 24.8 Å². The Morgan fingerprint density at radius 2 is 1.95 bits per heavy atom. The van der Waals surface area contributed by atoms with Crippen LogP contribution in [0.25, 0.3) is 0 Å². The van der Waals surface area contributed by atoms with Crippen LogP contribution in [0.2, 0.25) is 0 Å². The first-order valence-corrected chi connectivity index (χ1v) is 5.80. The highest BCUT2D eigenvalue weighted by Gasteiger charge is 2.31. The molecular weight excluding hydrogens is 264 g/mol. The van der Waals surface area contributed by atoms with Crippen LogP contribution >= 0.6 is 0 Å². The minimum atomic E-state index is -4.57. The summed E-state index contributed by atoms with van der Waals surface area (Å²) in [6.07, 6.45) is -1.91. The zero-order valence-corrected chi connectivity index (χ0v) is 9.85. The average Bonchev–Trinajstić information content (AvgIpc) is 2.25. The van der Waals surface area contributed by atoms with Crippen molar-refractivity contribution in [3.63, 3.8) is 0 Å². The van der Waals surface area contributed by atoms with Gasteiger partial charge < -0.3 is 10.6 Å². The van der Waals surface area contributed by atoms with E-state index in [4.69, 9.17) is 0 Å². The van der Waals surface area contributed by atoms with Gasteiger partial charge in [-0.2, -0.15) is 13.2 Å². The van der Waals surface area contributed by atoms with E-state index in [0.717, 1.165) is 19.3 Å². The number of hydrogen-bond donors (Lipinski definition) is 2. The minimum absolute atomic E-state index is 0.0221. The molecule has 1 saturated carbocycles. The lowest BCUT2D eigenvalue weighted by molar-refractivity contribution is -0.137. The van der Waals surface area contributed by atoms with Crippen LogP contribution in [0.3, 0.4) is 0 Å². The first-order chi connectivity index (χ1) is 8.86. The molecule has 0 radical (unpaired) electrons. The number of benzene rings is 1. The van der Waals surface area contributed by atoms with Crippen molar-refractivity contribution in [2.75, 3.05) is 5.32 Å². The summed E-state index contributed by atoms with van der Waals surface area (Å²) in [5.74, 6) is -0.906. The number of halogens is 4. The van der Waals surface area contributed by atoms with Crippen molar-refractivity contribution >= 4 is 11.7 Å². The Bertz CT molecular complexity index is 483. The van der Waals surface area contributed by atoms with Crippen molar-refractivity contribution in [2.24, 2.45) is 0 Å². The third-order valence-electron chi connectivity index (χ3n) is 2.98. The van der Waals surface area contributed by atoms with Gasteiger partial charge in [-0.05, 0) is 37.5 Å². The van der Waals surface area contributed by atoms with Gasteiger partial charge in [-0.3, -0.25) is 0 Å². The molecule has 0 saturated heterocycles. The Morgan fingerprint density at radius 1 is 1.26 bits per heavy atom. The van der Waals surface area contributed by atoms with Crippen LogP contribution in [0, 0.1) is 5.82 Å². The van der Waals surface area contributed by atoms with E-state index >= 15 is 0 Å². The van der Waals surface area contributed by atoms with Gasteiger partial charge >= 0.3 is 12.2 Å². The van der Waals surface area contributed by atoms with E-state index in [0.29, 0.717) is 18.2 Å². The fourth-order valence-electron chi connectivity index (χ4n) is 1.69. The normalized spacial score (nSPS) is 15.8. The molecule has 3 nitrogen and oxygen atoms in total. The minimum Gasteiger partial charge on any atom is -0.335 e. The highest BCUT2D eigenvalue weighted by Crippen LogP contribution is 2.31. The molecular formula is C12H12F4N2O. The number of urea groups is 1. The predicted molar refractivity (Wildman–Crippen MR) is 61.2 cm³/mol. The summed E-state index contributed by atoms with van der Waals surface area (Å²) < 4.78 is 50.7. The van der Waals surface area contributed by atoms with Gasteiger partial charge in [0.1, 0.15) is 5.82 Å². The van der Waals surface area contributed by atoms with Crippen LogP contribution in [-0.4, -0.2) is 12.1 Å². The predicted octanol–water partition coefficient (Wildman–Crippen LogP) is 3.52. The zero-order chi connectivity index (χ0) is 14.0. The standard InChI is InChI=1S/C12H12F4N2O/c13-9-5-4-7(12(14,15)16)6-10(9)18-11(19)17-8-2-1-3-8/h4-6,8H,1-3H2,(H2,17,18,19). The number of rotatable bonds is 2. The fourth-order valence-corrected chi connectivity index (χ4v) is 1.69. The second kappa shape index (κ2) is 5.07. The molecule has 1 aromatic carbocycles. The first-order valence-electron chi connectivity index (χ1n) is 5.80. The smallest absolute Gasteiger partial charge is 0.335 e. The van der Waals surface area contributed by atoms with Gasteiger partial charge in [0, 0.05) is 6.04 Å². The van der Waals surface area contributed by atoms with Crippen molar-refractivity contribution in [1.29, 1.82) is 0 Å². The van der Waals surface area contributed by atoms with E-state index in [2.05, 4.69) is 10.6 Å².